The van der Waals surface area contributed by atoms with Crippen LogP contribution in [0.4, 0.5) is 0 Å². The van der Waals surface area contributed by atoms with E-state index in [0.717, 1.165) is 0 Å². The van der Waals surface area contributed by atoms with Crippen molar-refractivity contribution in [3.8, 4) is 0 Å². The lowest BCUT2D eigenvalue weighted by atomic mass is 10.0. The minimum absolute atomic E-state index is 0.0103. The number of carbonyl (C=O) groups is 2. The van der Waals surface area contributed by atoms with E-state index in [0.29, 0.717) is 55.5 Å². The maximum absolute atomic E-state index is 13.1. The predicted octanol–water partition coefficient (Wildman–Crippen LogP) is 0.906. The van der Waals surface area contributed by atoms with Gasteiger partial charge in [0.1, 0.15) is 10.6 Å². The Hall–Kier alpha value is -4.16. The van der Waals surface area contributed by atoms with Gasteiger partial charge in [-0.3, -0.25) is 18.7 Å². The van der Waals surface area contributed by atoms with Crippen molar-refractivity contribution in [2.45, 2.75) is 53.4 Å². The quantitative estimate of drug-likeness (QED) is 0.118. The minimum Gasteiger partial charge on any atom is -0.481 e. The van der Waals surface area contributed by atoms with Crippen LogP contribution in [0.15, 0.2) is 12.1 Å². The highest BCUT2D eigenvalue weighted by Crippen LogP contribution is 2.52. The molecule has 4 aromatic heterocycles. The van der Waals surface area contributed by atoms with E-state index in [9.17, 15) is 48.5 Å². The molecular formula is C30H34N4O10P2. The van der Waals surface area contributed by atoms with Gasteiger partial charge < -0.3 is 49.7 Å². The van der Waals surface area contributed by atoms with E-state index < -0.39 is 37.8 Å². The normalized spacial score (nSPS) is 13.5. The molecule has 14 nitrogen and oxygen atoms in total. The van der Waals surface area contributed by atoms with Crippen molar-refractivity contribution in [3.63, 3.8) is 0 Å². The summed E-state index contributed by atoms with van der Waals surface area (Å²) in [6.45, 7) is 6.71. The van der Waals surface area contributed by atoms with Gasteiger partial charge in [-0.15, -0.1) is 0 Å². The number of aliphatic carboxylic acids is 2. The largest absolute Gasteiger partial charge is 0.481 e. The van der Waals surface area contributed by atoms with Crippen LogP contribution in [0, 0.1) is 27.7 Å². The lowest BCUT2D eigenvalue weighted by Gasteiger charge is -2.10. The average molecular weight is 673 g/mol. The predicted molar refractivity (Wildman–Crippen MR) is 169 cm³/mol. The SMILES string of the molecule is Cc1cc2[nH]c1C(P(=O)(O)O)=c1cc(C)c([nH]1)=Cc1[nH]c(c(CCC(=O)O)c1C)C=c1[nH]c(c(C)c1CCC(=O)O)=C2P(=O)(O)O. The lowest BCUT2D eigenvalue weighted by Crippen LogP contribution is -2.17. The molecule has 0 fully saturated rings. The van der Waals surface area contributed by atoms with Crippen LogP contribution < -0.4 is 21.4 Å². The van der Waals surface area contributed by atoms with Gasteiger partial charge in [-0.2, -0.15) is 0 Å². The Morgan fingerprint density at radius 3 is 1.85 bits per heavy atom. The molecule has 0 aliphatic carbocycles. The van der Waals surface area contributed by atoms with E-state index in [1.165, 1.54) is 6.07 Å². The molecule has 0 aromatic carbocycles. The summed E-state index contributed by atoms with van der Waals surface area (Å²) in [6, 6.07) is 2.96. The molecule has 1 aliphatic rings. The van der Waals surface area contributed by atoms with Gasteiger partial charge in [0.05, 0.1) is 22.1 Å². The number of aromatic amines is 4. The van der Waals surface area contributed by atoms with Gasteiger partial charge in [0.15, 0.2) is 0 Å². The van der Waals surface area contributed by atoms with E-state index >= 15 is 0 Å². The summed E-state index contributed by atoms with van der Waals surface area (Å²) >= 11 is 0. The molecule has 0 saturated carbocycles. The average Bonchev–Trinajstić information content (AvgIpc) is 3.62. The van der Waals surface area contributed by atoms with Crippen LogP contribution in [0.3, 0.4) is 0 Å². The molecule has 0 unspecified atom stereocenters. The topological polar surface area (TPSA) is 253 Å². The van der Waals surface area contributed by atoms with Gasteiger partial charge in [0.2, 0.25) is 0 Å². The zero-order valence-electron chi connectivity index (χ0n) is 25.3. The van der Waals surface area contributed by atoms with Crippen LogP contribution in [0.2, 0.25) is 0 Å². The van der Waals surface area contributed by atoms with Crippen LogP contribution >= 0.6 is 15.2 Å². The van der Waals surface area contributed by atoms with Gasteiger partial charge in [0, 0.05) is 34.9 Å². The Labute approximate surface area is 261 Å². The van der Waals surface area contributed by atoms with Crippen molar-refractivity contribution < 1.29 is 48.5 Å². The number of fused-ring (bicyclic) bond motifs is 8. The molecule has 10 N–H and O–H groups in total. The number of nitrogens with one attached hydrogen (secondary N) is 4. The number of aromatic nitrogens is 4. The van der Waals surface area contributed by atoms with Crippen LogP contribution in [-0.4, -0.2) is 61.7 Å². The zero-order chi connectivity index (χ0) is 33.9. The molecule has 5 heterocycles. The molecule has 5 rings (SSSR count). The number of H-pyrrole nitrogens is 4. The van der Waals surface area contributed by atoms with E-state index in [1.807, 2.05) is 0 Å². The fourth-order valence-corrected chi connectivity index (χ4v) is 7.92. The lowest BCUT2D eigenvalue weighted by molar-refractivity contribution is -0.138. The van der Waals surface area contributed by atoms with E-state index in [-0.39, 0.29) is 47.8 Å². The Bertz CT molecular complexity index is 2270. The molecule has 244 valence electrons. The molecule has 0 amide bonds. The van der Waals surface area contributed by atoms with Gasteiger partial charge in [0.25, 0.3) is 0 Å². The Morgan fingerprint density at radius 2 is 1.26 bits per heavy atom. The summed E-state index contributed by atoms with van der Waals surface area (Å²) in [7, 11) is -10.1. The van der Waals surface area contributed by atoms with Crippen LogP contribution in [0.5, 0.6) is 0 Å². The summed E-state index contributed by atoms with van der Waals surface area (Å²) in [6.07, 6.45) is 3.12. The van der Waals surface area contributed by atoms with Crippen molar-refractivity contribution in [2.24, 2.45) is 0 Å². The second-order valence-corrected chi connectivity index (χ2v) is 14.5. The van der Waals surface area contributed by atoms with Crippen LogP contribution in [-0.2, 0) is 31.6 Å². The fourth-order valence-electron chi connectivity index (χ4n) is 6.02. The van der Waals surface area contributed by atoms with Gasteiger partial charge in [-0.05, 0) is 98.2 Å². The highest BCUT2D eigenvalue weighted by Gasteiger charge is 2.32. The molecule has 0 atom stereocenters. The molecule has 0 spiro atoms. The smallest absolute Gasteiger partial charge is 0.360 e. The Morgan fingerprint density at radius 1 is 0.674 bits per heavy atom. The minimum atomic E-state index is -5.11. The zero-order valence-corrected chi connectivity index (χ0v) is 27.1. The van der Waals surface area contributed by atoms with Crippen molar-refractivity contribution in [1.29, 1.82) is 0 Å². The van der Waals surface area contributed by atoms with Gasteiger partial charge >= 0.3 is 27.1 Å². The van der Waals surface area contributed by atoms with Gasteiger partial charge in [-0.1, -0.05) is 0 Å². The first-order valence-corrected chi connectivity index (χ1v) is 17.4. The van der Waals surface area contributed by atoms with Crippen LogP contribution in [0.25, 0.3) is 22.8 Å². The van der Waals surface area contributed by atoms with Crippen molar-refractivity contribution >= 4 is 49.9 Å². The van der Waals surface area contributed by atoms with Crippen molar-refractivity contribution in [3.05, 3.63) is 89.7 Å². The number of hydrogen-bond acceptors (Lipinski definition) is 4. The molecule has 0 radical (unpaired) electrons. The molecule has 0 saturated heterocycles. The van der Waals surface area contributed by atoms with E-state index in [2.05, 4.69) is 19.9 Å². The summed E-state index contributed by atoms with van der Waals surface area (Å²) in [4.78, 5) is 77.8. The Balaban J connectivity index is 2.03. The monoisotopic (exact) mass is 672 g/mol. The third-order valence-corrected chi connectivity index (χ3v) is 10.3. The number of hydrogen-bond donors (Lipinski definition) is 10. The fraction of sp³-hybridized carbons (Fsp3) is 0.267. The third-order valence-electron chi connectivity index (χ3n) is 8.25. The first-order chi connectivity index (χ1) is 21.4. The Kier molecular flexibility index (Phi) is 8.58. The summed E-state index contributed by atoms with van der Waals surface area (Å²) in [5.74, 6) is -2.09. The molecule has 4 aromatic rings. The molecule has 1 aliphatic heterocycles. The van der Waals surface area contributed by atoms with Gasteiger partial charge in [-0.25, -0.2) is 0 Å². The highest BCUT2D eigenvalue weighted by molar-refractivity contribution is 7.63. The standard InChI is InChI=1S/C30H34N4O10P2/c1-13-9-23-29(45(39,40)41)27-14(2)10-24(34-27)30(46(42,43)44)28-16(4)18(6-8-26(37)38)22(33-28)12-21-17(5-7-25(35)36)15(3)20(32-21)11-19(13)31-23/h9-12,31-34H,5-8H2,1-4H3,(H,35,36)(H,37,38)(H2,39,40,41)(H2,42,43,44). The maximum atomic E-state index is 13.1. The first kappa shape index (κ1) is 33.2. The second-order valence-electron chi connectivity index (χ2n) is 11.5. The molecular weight excluding hydrogens is 638 g/mol. The van der Waals surface area contributed by atoms with E-state index in [1.54, 1.807) is 45.9 Å². The molecule has 46 heavy (non-hydrogen) atoms. The number of carboxylic acid groups (broad SMARTS) is 2. The second kappa shape index (κ2) is 11.9. The summed E-state index contributed by atoms with van der Waals surface area (Å²) < 4.78 is 26.1. The molecule has 16 heteroatoms. The van der Waals surface area contributed by atoms with Crippen molar-refractivity contribution in [2.75, 3.05) is 0 Å². The van der Waals surface area contributed by atoms with Crippen LogP contribution in [0.1, 0.15) is 69.0 Å². The number of carboxylic acids is 2. The number of rotatable bonds is 8. The highest BCUT2D eigenvalue weighted by atomic mass is 31.2. The van der Waals surface area contributed by atoms with Crippen molar-refractivity contribution in [1.82, 2.24) is 19.9 Å². The first-order valence-electron chi connectivity index (χ1n) is 14.2. The van der Waals surface area contributed by atoms with E-state index in [4.69, 9.17) is 0 Å². The summed E-state index contributed by atoms with van der Waals surface area (Å²) in [5, 5.41) is 19.0. The third kappa shape index (κ3) is 6.28. The number of aryl methyl sites for hydroxylation is 2. The molecule has 8 bridgehead atoms. The summed E-state index contributed by atoms with van der Waals surface area (Å²) in [5.41, 5.74) is 4.16. The maximum Gasteiger partial charge on any atom is 0.360 e.